The van der Waals surface area contributed by atoms with Gasteiger partial charge in [0.25, 0.3) is 0 Å². The fraction of sp³-hybridized carbons (Fsp3) is 0.791. The van der Waals surface area contributed by atoms with E-state index in [-0.39, 0.29) is 49.1 Å². The number of allylic oxidation sites excluding steroid dienone is 6. The molecule has 0 saturated carbocycles. The van der Waals surface area contributed by atoms with Gasteiger partial charge in [0.2, 0.25) is 0 Å². The first-order chi connectivity index (χ1) is 24.6. The van der Waals surface area contributed by atoms with Crippen LogP contribution in [0.1, 0.15) is 168 Å². The molecule has 0 radical (unpaired) electrons. The quantitative estimate of drug-likeness (QED) is 0.0209. The van der Waals surface area contributed by atoms with Crippen LogP contribution in [-0.2, 0) is 28.6 Å². The maximum absolute atomic E-state index is 12.6. The summed E-state index contributed by atoms with van der Waals surface area (Å²) in [5.74, 6) is -1.78. The molecule has 0 bridgehead atoms. The molecule has 0 aromatic carbocycles. The number of carbonyl (C=O) groups is 3. The third-order valence-electron chi connectivity index (χ3n) is 9.03. The smallest absolute Gasteiger partial charge is 0.306 e. The van der Waals surface area contributed by atoms with Gasteiger partial charge in [-0.25, -0.2) is 0 Å². The lowest BCUT2D eigenvalue weighted by Gasteiger charge is -2.34. The lowest BCUT2D eigenvalue weighted by molar-refractivity contribution is -0.889. The number of carboxylic acid groups (broad SMARTS) is 1. The Labute approximate surface area is 313 Å². The van der Waals surface area contributed by atoms with Gasteiger partial charge in [-0.1, -0.05) is 127 Å². The van der Waals surface area contributed by atoms with Crippen molar-refractivity contribution >= 4 is 17.9 Å². The number of hydrogen-bond donors (Lipinski definition) is 0. The zero-order valence-corrected chi connectivity index (χ0v) is 33.5. The molecule has 0 heterocycles. The Kier molecular flexibility index (Phi) is 33.0. The van der Waals surface area contributed by atoms with E-state index >= 15 is 0 Å². The number of esters is 2. The fourth-order valence-corrected chi connectivity index (χ4v) is 5.75. The summed E-state index contributed by atoms with van der Waals surface area (Å²) in [4.78, 5) is 36.7. The monoisotopic (exact) mass is 720 g/mol. The standard InChI is InChI=1S/C43H77NO7/c1-6-8-10-12-14-16-18-19-20-21-22-24-25-27-29-31-33-41(45)50-38-39(37-49-36-35-40(43(47)48)44(3,4)5)51-42(46)34-32-30-28-26-23-17-15-13-11-9-7-2/h13,15,17,20-21,23,39-40H,6-12,14,16,18-19,22,24-38H2,1-5H3/b15-13+,21-20+,23-17+. The lowest BCUT2D eigenvalue weighted by atomic mass is 10.1. The van der Waals surface area contributed by atoms with E-state index in [1.165, 1.54) is 70.6 Å². The van der Waals surface area contributed by atoms with Crippen molar-refractivity contribution in [3.8, 4) is 0 Å². The molecule has 0 aromatic heterocycles. The molecule has 0 N–H and O–H groups in total. The van der Waals surface area contributed by atoms with Gasteiger partial charge in [0.1, 0.15) is 12.6 Å². The van der Waals surface area contributed by atoms with Crippen molar-refractivity contribution in [3.05, 3.63) is 36.5 Å². The van der Waals surface area contributed by atoms with Crippen LogP contribution >= 0.6 is 0 Å². The second-order valence-corrected chi connectivity index (χ2v) is 14.9. The first kappa shape index (κ1) is 48.5. The van der Waals surface area contributed by atoms with E-state index in [1.807, 2.05) is 0 Å². The molecule has 0 spiro atoms. The molecule has 0 aliphatic carbocycles. The first-order valence-corrected chi connectivity index (χ1v) is 20.5. The predicted molar refractivity (Wildman–Crippen MR) is 208 cm³/mol. The van der Waals surface area contributed by atoms with Gasteiger partial charge in [-0.05, 0) is 57.8 Å². The van der Waals surface area contributed by atoms with Crippen LogP contribution in [0.5, 0.6) is 0 Å². The summed E-state index contributed by atoms with van der Waals surface area (Å²) in [6.45, 7) is 4.56. The number of rotatable bonds is 36. The molecule has 0 fully saturated rings. The molecular formula is C43H77NO7. The highest BCUT2D eigenvalue weighted by molar-refractivity contribution is 5.70. The molecule has 8 nitrogen and oxygen atoms in total. The normalized spacial score (nSPS) is 13.4. The van der Waals surface area contributed by atoms with Crippen LogP contribution in [-0.4, -0.2) is 75.5 Å². The Morgan fingerprint density at radius 3 is 1.61 bits per heavy atom. The van der Waals surface area contributed by atoms with Crippen LogP contribution < -0.4 is 5.11 Å². The van der Waals surface area contributed by atoms with Gasteiger partial charge in [0.15, 0.2) is 6.10 Å². The molecule has 0 aromatic rings. The summed E-state index contributed by atoms with van der Waals surface area (Å²) in [5, 5.41) is 11.6. The number of ether oxygens (including phenoxy) is 3. The number of aliphatic carboxylic acids is 1. The molecule has 296 valence electrons. The van der Waals surface area contributed by atoms with Crippen molar-refractivity contribution in [2.45, 2.75) is 180 Å². The predicted octanol–water partition coefficient (Wildman–Crippen LogP) is 9.35. The van der Waals surface area contributed by atoms with Gasteiger partial charge in [0.05, 0.1) is 40.3 Å². The molecule has 0 rings (SSSR count). The molecule has 0 aliphatic rings. The maximum Gasteiger partial charge on any atom is 0.306 e. The van der Waals surface area contributed by atoms with E-state index in [1.54, 1.807) is 21.1 Å². The van der Waals surface area contributed by atoms with Crippen molar-refractivity contribution in [3.63, 3.8) is 0 Å². The molecule has 0 saturated heterocycles. The number of nitrogens with zero attached hydrogens (tertiary/aromatic N) is 1. The highest BCUT2D eigenvalue weighted by Crippen LogP contribution is 2.13. The molecule has 0 aliphatic heterocycles. The van der Waals surface area contributed by atoms with Gasteiger partial charge in [-0.3, -0.25) is 9.59 Å². The second-order valence-electron chi connectivity index (χ2n) is 14.9. The van der Waals surface area contributed by atoms with Crippen LogP contribution in [0.3, 0.4) is 0 Å². The largest absolute Gasteiger partial charge is 0.544 e. The third kappa shape index (κ3) is 33.2. The second kappa shape index (κ2) is 34.6. The highest BCUT2D eigenvalue weighted by atomic mass is 16.6. The van der Waals surface area contributed by atoms with E-state index in [2.05, 4.69) is 50.3 Å². The molecule has 8 heteroatoms. The molecule has 0 amide bonds. The average Bonchev–Trinajstić information content (AvgIpc) is 3.08. The Morgan fingerprint density at radius 2 is 1.06 bits per heavy atom. The van der Waals surface area contributed by atoms with Crippen molar-refractivity contribution in [1.82, 2.24) is 0 Å². The van der Waals surface area contributed by atoms with E-state index < -0.39 is 18.1 Å². The van der Waals surface area contributed by atoms with Crippen molar-refractivity contribution in [2.24, 2.45) is 0 Å². The average molecular weight is 720 g/mol. The van der Waals surface area contributed by atoms with Crippen LogP contribution in [0.15, 0.2) is 36.5 Å². The number of unbranched alkanes of at least 4 members (excludes halogenated alkanes) is 17. The number of quaternary nitrogens is 1. The van der Waals surface area contributed by atoms with Crippen molar-refractivity contribution in [2.75, 3.05) is 41.0 Å². The fourth-order valence-electron chi connectivity index (χ4n) is 5.75. The SMILES string of the molecule is CCCC/C=C/C=C/CCCCCC(=O)OC(COCCC(C(=O)[O-])[N+](C)(C)C)COC(=O)CCCCCCC/C=C/CCCCCCCCC. The van der Waals surface area contributed by atoms with E-state index in [0.717, 1.165) is 64.2 Å². The molecule has 51 heavy (non-hydrogen) atoms. The summed E-state index contributed by atoms with van der Waals surface area (Å²) in [6.07, 6.45) is 37.4. The molecule has 2 atom stereocenters. The third-order valence-corrected chi connectivity index (χ3v) is 9.03. The molecule has 2 unspecified atom stereocenters. The van der Waals surface area contributed by atoms with Gasteiger partial charge in [-0.2, -0.15) is 0 Å². The van der Waals surface area contributed by atoms with Gasteiger partial charge >= 0.3 is 11.9 Å². The summed E-state index contributed by atoms with van der Waals surface area (Å²) < 4.78 is 17.1. The van der Waals surface area contributed by atoms with E-state index in [9.17, 15) is 19.5 Å². The number of carboxylic acids is 1. The van der Waals surface area contributed by atoms with Crippen molar-refractivity contribution < 1.29 is 38.2 Å². The van der Waals surface area contributed by atoms with E-state index in [4.69, 9.17) is 14.2 Å². The maximum atomic E-state index is 12.6. The minimum Gasteiger partial charge on any atom is -0.544 e. The minimum absolute atomic E-state index is 0.0278. The topological polar surface area (TPSA) is 102 Å². The lowest BCUT2D eigenvalue weighted by Crippen LogP contribution is -2.55. The Morgan fingerprint density at radius 1 is 0.588 bits per heavy atom. The van der Waals surface area contributed by atoms with Crippen molar-refractivity contribution in [1.29, 1.82) is 0 Å². The van der Waals surface area contributed by atoms with Gasteiger partial charge < -0.3 is 28.6 Å². The summed E-state index contributed by atoms with van der Waals surface area (Å²) in [7, 11) is 5.38. The zero-order valence-electron chi connectivity index (χ0n) is 33.5. The highest BCUT2D eigenvalue weighted by Gasteiger charge is 2.25. The Bertz CT molecular complexity index is 937. The van der Waals surface area contributed by atoms with E-state index in [0.29, 0.717) is 6.42 Å². The first-order valence-electron chi connectivity index (χ1n) is 20.5. The minimum atomic E-state index is -1.13. The van der Waals surface area contributed by atoms with Gasteiger partial charge in [-0.15, -0.1) is 0 Å². The number of hydrogen-bond acceptors (Lipinski definition) is 7. The Balaban J connectivity index is 4.40. The summed E-state index contributed by atoms with van der Waals surface area (Å²) in [6, 6.07) is -0.730. The number of carbonyl (C=O) groups excluding carboxylic acids is 3. The summed E-state index contributed by atoms with van der Waals surface area (Å²) in [5.41, 5.74) is 0. The van der Waals surface area contributed by atoms with Crippen LogP contribution in [0, 0.1) is 0 Å². The van der Waals surface area contributed by atoms with Crippen LogP contribution in [0.4, 0.5) is 0 Å². The molecular weight excluding hydrogens is 642 g/mol. The van der Waals surface area contributed by atoms with Crippen LogP contribution in [0.25, 0.3) is 0 Å². The Hall–Kier alpha value is -2.45. The van der Waals surface area contributed by atoms with Gasteiger partial charge in [0, 0.05) is 19.3 Å². The zero-order chi connectivity index (χ0) is 37.8. The van der Waals surface area contributed by atoms with Crippen LogP contribution in [0.2, 0.25) is 0 Å². The number of likely N-dealkylation sites (N-methyl/N-ethyl adjacent to an activating group) is 1. The summed E-state index contributed by atoms with van der Waals surface area (Å²) >= 11 is 0.